The molecule has 0 unspecified atom stereocenters. The number of thiophene rings is 3. The molecule has 0 radical (unpaired) electrons. The molecule has 6 aromatic carbocycles. The summed E-state index contributed by atoms with van der Waals surface area (Å²) in [4.78, 5) is 4.47. The van der Waals surface area contributed by atoms with Gasteiger partial charge in [0.05, 0.1) is 13.2 Å². The van der Waals surface area contributed by atoms with Crippen LogP contribution >= 0.6 is 34.0 Å². The van der Waals surface area contributed by atoms with E-state index in [0.717, 1.165) is 46.9 Å². The number of benzene rings is 6. The van der Waals surface area contributed by atoms with E-state index in [1.807, 2.05) is 16.1 Å². The first-order chi connectivity index (χ1) is 30.8. The first-order valence-corrected chi connectivity index (χ1v) is 25.6. The van der Waals surface area contributed by atoms with Crippen LogP contribution in [-0.4, -0.2) is 40.7 Å². The van der Waals surface area contributed by atoms with Crippen LogP contribution in [0.5, 0.6) is 17.2 Å². The Hall–Kier alpha value is -5.71. The minimum atomic E-state index is -3.87. The molecule has 330 valence electrons. The number of aliphatic hydroxyl groups excluding tert-OH is 2. The zero-order valence-electron chi connectivity index (χ0n) is 33.1. The molecule has 3 heterocycles. The number of aliphatic hydroxyl groups is 2. The Kier molecular flexibility index (Phi) is 14.8. The molecule has 0 saturated carbocycles. The van der Waals surface area contributed by atoms with E-state index in [9.17, 15) is 35.5 Å². The molecule has 0 bridgehead atoms. The lowest BCUT2D eigenvalue weighted by Gasteiger charge is -2.07. The monoisotopic (exact) mass is 976 g/mol. The second-order valence-corrected chi connectivity index (χ2v) is 20.8. The van der Waals surface area contributed by atoms with E-state index in [1.165, 1.54) is 70.4 Å². The third-order valence-electron chi connectivity index (χ3n) is 9.15. The van der Waals surface area contributed by atoms with E-state index in [2.05, 4.69) is 4.89 Å². The van der Waals surface area contributed by atoms with Gasteiger partial charge in [-0.25, -0.2) is 4.89 Å². The van der Waals surface area contributed by atoms with E-state index >= 15 is 0 Å². The summed E-state index contributed by atoms with van der Waals surface area (Å²) in [5.74, 6) is 0.688. The fraction of sp³-hybridized carbons (Fsp3) is 0.0667. The van der Waals surface area contributed by atoms with Gasteiger partial charge in [0, 0.05) is 30.3 Å². The number of fused-ring (bicyclic) bond motifs is 3. The second-order valence-electron chi connectivity index (χ2n) is 13.4. The predicted octanol–water partition coefficient (Wildman–Crippen LogP) is 9.98. The third-order valence-corrected chi connectivity index (χ3v) is 16.0. The van der Waals surface area contributed by atoms with Gasteiger partial charge in [-0.1, -0.05) is 54.6 Å². The van der Waals surface area contributed by atoms with E-state index in [1.54, 1.807) is 109 Å². The summed E-state index contributed by atoms with van der Waals surface area (Å²) in [5.41, 5.74) is 2.29. The van der Waals surface area contributed by atoms with Gasteiger partial charge < -0.3 is 22.8 Å². The molecule has 0 aliphatic heterocycles. The maximum Gasteiger partial charge on any atom is 0.339 e. The van der Waals surface area contributed by atoms with Crippen LogP contribution in [0.2, 0.25) is 0 Å². The zero-order chi connectivity index (χ0) is 45.3. The highest BCUT2D eigenvalue weighted by Gasteiger charge is 2.19. The van der Waals surface area contributed by atoms with Crippen LogP contribution < -0.4 is 12.5 Å². The van der Waals surface area contributed by atoms with Gasteiger partial charge in [-0.15, -0.1) is 34.0 Å². The van der Waals surface area contributed by atoms with Crippen molar-refractivity contribution in [2.24, 2.45) is 0 Å². The van der Waals surface area contributed by atoms with Gasteiger partial charge in [0.15, 0.2) is 0 Å². The maximum atomic E-state index is 12.2. The van der Waals surface area contributed by atoms with E-state index in [4.69, 9.17) is 17.8 Å². The van der Waals surface area contributed by atoms with Crippen LogP contribution in [0.25, 0.3) is 30.3 Å². The van der Waals surface area contributed by atoms with E-state index in [-0.39, 0.29) is 51.8 Å². The summed E-state index contributed by atoms with van der Waals surface area (Å²) in [5, 5.41) is 35.1. The lowest BCUT2D eigenvalue weighted by atomic mass is 10.2. The number of hydrogen-bond acceptors (Lipinski definition) is 16. The highest BCUT2D eigenvalue weighted by molar-refractivity contribution is 7.87. The Bertz CT molecular complexity index is 3180. The zero-order valence-corrected chi connectivity index (χ0v) is 38.0. The highest BCUT2D eigenvalue weighted by Crippen LogP contribution is 2.33. The average Bonchev–Trinajstić information content (AvgIpc) is 4.04. The van der Waals surface area contributed by atoms with Gasteiger partial charge in [0.25, 0.3) is 0 Å². The minimum Gasteiger partial charge on any atom is -0.392 e. The molecule has 0 aliphatic rings. The molecule has 13 nitrogen and oxygen atoms in total. The summed E-state index contributed by atoms with van der Waals surface area (Å²) in [6.45, 7) is -0.140. The topological polar surface area (TPSA) is 200 Å². The molecule has 0 saturated heterocycles. The quantitative estimate of drug-likeness (QED) is 0.0561. The molecule has 0 fully saturated rings. The minimum absolute atomic E-state index is 0.0366. The van der Waals surface area contributed by atoms with Crippen molar-refractivity contribution in [3.63, 3.8) is 0 Å². The molecule has 0 atom stereocenters. The molecule has 0 amide bonds. The van der Waals surface area contributed by atoms with Gasteiger partial charge in [-0.2, -0.15) is 25.3 Å². The summed E-state index contributed by atoms with van der Waals surface area (Å²) < 4.78 is 91.4. The normalized spacial score (nSPS) is 11.7. The molecule has 3 aromatic heterocycles. The largest absolute Gasteiger partial charge is 0.392 e. The standard InChI is InChI=1S/C15H12O5S2.2C15H12O4S2/c16-19-9-11-10-21-15-7-6-12(8-14(11)15)20-22(17,18)13-4-2-1-3-5-13;2*16-9-11-10-20-15-7-6-12(8-14(11)15)19-21(17,18)13-4-2-1-3-5-13/h1-8,10,16H,9H2;2*1-8,10,16H,9H2. The Morgan fingerprint density at radius 3 is 1.00 bits per heavy atom. The fourth-order valence-corrected chi connectivity index (χ4v) is 11.7. The van der Waals surface area contributed by atoms with Crippen molar-refractivity contribution in [3.8, 4) is 17.2 Å². The molecule has 9 rings (SSSR count). The average molecular weight is 977 g/mol. The lowest BCUT2D eigenvalue weighted by molar-refractivity contribution is -0.252. The van der Waals surface area contributed by atoms with E-state index in [0.29, 0.717) is 0 Å². The molecule has 0 spiro atoms. The van der Waals surface area contributed by atoms with Crippen molar-refractivity contribution in [3.05, 3.63) is 178 Å². The van der Waals surface area contributed by atoms with Crippen molar-refractivity contribution in [1.82, 2.24) is 0 Å². The molecule has 64 heavy (non-hydrogen) atoms. The predicted molar refractivity (Wildman–Crippen MR) is 248 cm³/mol. The van der Waals surface area contributed by atoms with Gasteiger partial charge in [0.1, 0.15) is 38.5 Å². The van der Waals surface area contributed by atoms with Gasteiger partial charge in [-0.05, 0) is 124 Å². The Labute approximate surface area is 380 Å². The molecular weight excluding hydrogens is 941 g/mol. The van der Waals surface area contributed by atoms with Crippen LogP contribution in [0, 0.1) is 0 Å². The first kappa shape index (κ1) is 46.3. The second kappa shape index (κ2) is 20.4. The third kappa shape index (κ3) is 11.1. The smallest absolute Gasteiger partial charge is 0.339 e. The molecule has 9 aromatic rings. The van der Waals surface area contributed by atoms with Crippen molar-refractivity contribution < 1.29 is 58.2 Å². The summed E-state index contributed by atoms with van der Waals surface area (Å²) in [6, 6.07) is 39.0. The highest BCUT2D eigenvalue weighted by atomic mass is 32.2. The molecule has 3 N–H and O–H groups in total. The van der Waals surface area contributed by atoms with E-state index < -0.39 is 30.4 Å². The maximum absolute atomic E-state index is 12.2. The fourth-order valence-electron chi connectivity index (χ4n) is 6.05. The van der Waals surface area contributed by atoms with Gasteiger partial charge in [0.2, 0.25) is 0 Å². The molecule has 19 heteroatoms. The van der Waals surface area contributed by atoms with Crippen molar-refractivity contribution in [2.45, 2.75) is 34.5 Å². The van der Waals surface area contributed by atoms with Gasteiger partial charge >= 0.3 is 30.4 Å². The van der Waals surface area contributed by atoms with Crippen LogP contribution in [0.3, 0.4) is 0 Å². The van der Waals surface area contributed by atoms with Crippen molar-refractivity contribution >= 4 is 94.6 Å². The molecular formula is C45H36O13S6. The van der Waals surface area contributed by atoms with Crippen LogP contribution in [-0.2, 0) is 55.1 Å². The van der Waals surface area contributed by atoms with Crippen molar-refractivity contribution in [1.29, 1.82) is 0 Å². The lowest BCUT2D eigenvalue weighted by Crippen LogP contribution is -2.09. The van der Waals surface area contributed by atoms with Gasteiger partial charge in [-0.3, -0.25) is 5.26 Å². The van der Waals surface area contributed by atoms with Crippen LogP contribution in [0.1, 0.15) is 16.7 Å². The number of rotatable bonds is 13. The Morgan fingerprint density at radius 2 is 0.703 bits per heavy atom. The first-order valence-electron chi connectivity index (χ1n) is 18.8. The van der Waals surface area contributed by atoms with Crippen molar-refractivity contribution in [2.75, 3.05) is 0 Å². The Balaban J connectivity index is 0.000000144. The SMILES string of the molecule is O=S(=O)(Oc1ccc2scc(CO)c2c1)c1ccccc1.O=S(=O)(Oc1ccc2scc(CO)c2c1)c1ccccc1.O=S(=O)(Oc1ccc2scc(COO)c2c1)c1ccccc1. The summed E-state index contributed by atoms with van der Waals surface area (Å²) >= 11 is 4.47. The summed E-state index contributed by atoms with van der Waals surface area (Å²) in [7, 11) is -11.6. The molecule has 0 aliphatic carbocycles. The Morgan fingerprint density at radius 1 is 0.406 bits per heavy atom. The van der Waals surface area contributed by atoms with Crippen LogP contribution in [0.4, 0.5) is 0 Å². The summed E-state index contributed by atoms with van der Waals surface area (Å²) in [6.07, 6.45) is 0. The number of hydrogen-bond donors (Lipinski definition) is 3. The van der Waals surface area contributed by atoms with Crippen LogP contribution in [0.15, 0.2) is 176 Å².